The predicted molar refractivity (Wildman–Crippen MR) is 90.4 cm³/mol. The number of benzene rings is 1. The molecule has 1 aromatic heterocycles. The van der Waals surface area contributed by atoms with Gasteiger partial charge in [0.1, 0.15) is 0 Å². The van der Waals surface area contributed by atoms with E-state index >= 15 is 0 Å². The summed E-state index contributed by atoms with van der Waals surface area (Å²) in [5.74, 6) is 0.412. The van der Waals surface area contributed by atoms with Gasteiger partial charge >= 0.3 is 0 Å². The van der Waals surface area contributed by atoms with Crippen molar-refractivity contribution >= 4 is 5.91 Å². The molecule has 2 aromatic rings. The van der Waals surface area contributed by atoms with Crippen LogP contribution in [0.1, 0.15) is 42.5 Å². The van der Waals surface area contributed by atoms with E-state index in [-0.39, 0.29) is 11.9 Å². The van der Waals surface area contributed by atoms with E-state index in [4.69, 9.17) is 5.73 Å². The van der Waals surface area contributed by atoms with Crippen molar-refractivity contribution in [3.05, 3.63) is 48.3 Å². The molecule has 122 valence electrons. The third-order valence-corrected chi connectivity index (χ3v) is 4.65. The fraction of sp³-hybridized carbons (Fsp3) is 0.444. The van der Waals surface area contributed by atoms with E-state index in [1.807, 2.05) is 30.3 Å². The number of carbonyl (C=O) groups is 1. The molecule has 3 rings (SSSR count). The van der Waals surface area contributed by atoms with Gasteiger partial charge in [0.05, 0.1) is 17.4 Å². The number of nitrogens with two attached hydrogens (primary N) is 1. The van der Waals surface area contributed by atoms with E-state index in [9.17, 15) is 4.79 Å². The van der Waals surface area contributed by atoms with Crippen molar-refractivity contribution in [3.8, 4) is 5.69 Å². The fourth-order valence-electron chi connectivity index (χ4n) is 3.32. The van der Waals surface area contributed by atoms with Gasteiger partial charge in [-0.3, -0.25) is 4.79 Å². The van der Waals surface area contributed by atoms with Gasteiger partial charge in [-0.05, 0) is 30.9 Å². The molecule has 1 amide bonds. The largest absolute Gasteiger partial charge is 0.348 e. The number of nitrogens with zero attached hydrogens (tertiary/aromatic N) is 2. The first-order valence-electron chi connectivity index (χ1n) is 8.39. The number of hydrogen-bond donors (Lipinski definition) is 2. The lowest BCUT2D eigenvalue weighted by molar-refractivity contribution is 0.0915. The van der Waals surface area contributed by atoms with Crippen LogP contribution in [0.3, 0.4) is 0 Å². The SMILES string of the molecule is NCC(NC(=O)c1cnn(-c2ccccc2)c1)C1CCCCC1. The average molecular weight is 312 g/mol. The molecule has 0 aliphatic heterocycles. The summed E-state index contributed by atoms with van der Waals surface area (Å²) in [7, 11) is 0. The molecule has 5 nitrogen and oxygen atoms in total. The highest BCUT2D eigenvalue weighted by molar-refractivity contribution is 5.94. The summed E-state index contributed by atoms with van der Waals surface area (Å²) in [4.78, 5) is 12.5. The van der Waals surface area contributed by atoms with Crippen molar-refractivity contribution in [2.75, 3.05) is 6.54 Å². The van der Waals surface area contributed by atoms with E-state index < -0.39 is 0 Å². The second-order valence-electron chi connectivity index (χ2n) is 6.22. The molecule has 0 bridgehead atoms. The maximum absolute atomic E-state index is 12.5. The Morgan fingerprint density at radius 1 is 1.26 bits per heavy atom. The first-order valence-corrected chi connectivity index (χ1v) is 8.39. The lowest BCUT2D eigenvalue weighted by atomic mass is 9.84. The van der Waals surface area contributed by atoms with Crippen molar-refractivity contribution in [3.63, 3.8) is 0 Å². The number of para-hydroxylation sites is 1. The molecular formula is C18H24N4O. The maximum Gasteiger partial charge on any atom is 0.254 e. The Balaban J connectivity index is 1.67. The Morgan fingerprint density at radius 3 is 2.70 bits per heavy atom. The van der Waals surface area contributed by atoms with Gasteiger partial charge in [-0.1, -0.05) is 37.5 Å². The molecule has 5 heteroatoms. The molecule has 1 unspecified atom stereocenters. The van der Waals surface area contributed by atoms with Crippen LogP contribution < -0.4 is 11.1 Å². The Morgan fingerprint density at radius 2 is 2.00 bits per heavy atom. The van der Waals surface area contributed by atoms with Gasteiger partial charge in [0.25, 0.3) is 5.91 Å². The van der Waals surface area contributed by atoms with Crippen molar-refractivity contribution in [2.24, 2.45) is 11.7 Å². The Hall–Kier alpha value is -2.14. The van der Waals surface area contributed by atoms with Crippen LogP contribution in [-0.2, 0) is 0 Å². The van der Waals surface area contributed by atoms with Gasteiger partial charge in [-0.15, -0.1) is 0 Å². The summed E-state index contributed by atoms with van der Waals surface area (Å²) < 4.78 is 1.72. The molecule has 1 heterocycles. The van der Waals surface area contributed by atoms with Crippen molar-refractivity contribution in [2.45, 2.75) is 38.1 Å². The normalized spacial score (nSPS) is 16.9. The minimum Gasteiger partial charge on any atom is -0.348 e. The topological polar surface area (TPSA) is 72.9 Å². The van der Waals surface area contributed by atoms with Crippen LogP contribution in [-0.4, -0.2) is 28.3 Å². The summed E-state index contributed by atoms with van der Waals surface area (Å²) in [6, 6.07) is 9.83. The smallest absolute Gasteiger partial charge is 0.254 e. The monoisotopic (exact) mass is 312 g/mol. The molecule has 0 saturated heterocycles. The van der Waals surface area contributed by atoms with Gasteiger partial charge in [0, 0.05) is 18.8 Å². The Bertz CT molecular complexity index is 631. The molecule has 3 N–H and O–H groups in total. The first kappa shape index (κ1) is 15.7. The fourth-order valence-corrected chi connectivity index (χ4v) is 3.32. The van der Waals surface area contributed by atoms with E-state index in [2.05, 4.69) is 10.4 Å². The highest BCUT2D eigenvalue weighted by atomic mass is 16.1. The van der Waals surface area contributed by atoms with Gasteiger partial charge in [0.15, 0.2) is 0 Å². The number of nitrogens with one attached hydrogen (secondary N) is 1. The van der Waals surface area contributed by atoms with Crippen molar-refractivity contribution < 1.29 is 4.79 Å². The third kappa shape index (κ3) is 3.79. The van der Waals surface area contributed by atoms with Gasteiger partial charge in [-0.2, -0.15) is 5.10 Å². The van der Waals surface area contributed by atoms with Crippen LogP contribution in [0.15, 0.2) is 42.7 Å². The number of amides is 1. The van der Waals surface area contributed by atoms with Crippen LogP contribution in [0.5, 0.6) is 0 Å². The summed E-state index contributed by atoms with van der Waals surface area (Å²) in [5.41, 5.74) is 7.40. The number of aromatic nitrogens is 2. The second-order valence-corrected chi connectivity index (χ2v) is 6.22. The van der Waals surface area contributed by atoms with Gasteiger partial charge in [-0.25, -0.2) is 4.68 Å². The zero-order valence-corrected chi connectivity index (χ0v) is 13.3. The Labute approximate surface area is 136 Å². The Kier molecular flexibility index (Phi) is 5.08. The highest BCUT2D eigenvalue weighted by Crippen LogP contribution is 2.26. The van der Waals surface area contributed by atoms with Crippen LogP contribution in [0.2, 0.25) is 0 Å². The summed E-state index contributed by atoms with van der Waals surface area (Å²) in [6.45, 7) is 0.489. The molecule has 0 spiro atoms. The minimum absolute atomic E-state index is 0.0582. The number of hydrogen-bond acceptors (Lipinski definition) is 3. The highest BCUT2D eigenvalue weighted by Gasteiger charge is 2.24. The molecule has 1 aliphatic carbocycles. The second kappa shape index (κ2) is 7.42. The zero-order chi connectivity index (χ0) is 16.1. The van der Waals surface area contributed by atoms with Gasteiger partial charge < -0.3 is 11.1 Å². The van der Waals surface area contributed by atoms with Crippen LogP contribution in [0.25, 0.3) is 5.69 Å². The molecular weight excluding hydrogens is 288 g/mol. The molecule has 1 aromatic carbocycles. The minimum atomic E-state index is -0.0896. The number of rotatable bonds is 5. The standard InChI is InChI=1S/C18H24N4O/c19-11-17(14-7-3-1-4-8-14)21-18(23)15-12-20-22(13-15)16-9-5-2-6-10-16/h2,5-6,9-10,12-14,17H,1,3-4,7-8,11,19H2,(H,21,23). The lowest BCUT2D eigenvalue weighted by Crippen LogP contribution is -2.45. The van der Waals surface area contributed by atoms with Crippen molar-refractivity contribution in [1.82, 2.24) is 15.1 Å². The van der Waals surface area contributed by atoms with Crippen LogP contribution in [0, 0.1) is 5.92 Å². The predicted octanol–water partition coefficient (Wildman–Crippen LogP) is 2.51. The molecule has 23 heavy (non-hydrogen) atoms. The van der Waals surface area contributed by atoms with E-state index in [1.54, 1.807) is 17.1 Å². The summed E-state index contributed by atoms with van der Waals surface area (Å²) >= 11 is 0. The molecule has 0 radical (unpaired) electrons. The molecule has 1 atom stereocenters. The molecule has 1 fully saturated rings. The zero-order valence-electron chi connectivity index (χ0n) is 13.3. The maximum atomic E-state index is 12.5. The van der Waals surface area contributed by atoms with Crippen LogP contribution in [0.4, 0.5) is 0 Å². The third-order valence-electron chi connectivity index (χ3n) is 4.65. The van der Waals surface area contributed by atoms with E-state index in [0.717, 1.165) is 18.5 Å². The quantitative estimate of drug-likeness (QED) is 0.891. The van der Waals surface area contributed by atoms with Crippen molar-refractivity contribution in [1.29, 1.82) is 0 Å². The summed E-state index contributed by atoms with van der Waals surface area (Å²) in [6.07, 6.45) is 9.46. The lowest BCUT2D eigenvalue weighted by Gasteiger charge is -2.29. The molecule has 1 aliphatic rings. The number of carbonyl (C=O) groups excluding carboxylic acids is 1. The van der Waals surface area contributed by atoms with Gasteiger partial charge in [0.2, 0.25) is 0 Å². The summed E-state index contributed by atoms with van der Waals surface area (Å²) in [5, 5.41) is 7.38. The van der Waals surface area contributed by atoms with E-state index in [1.165, 1.54) is 19.3 Å². The molecule has 1 saturated carbocycles. The van der Waals surface area contributed by atoms with E-state index in [0.29, 0.717) is 18.0 Å². The first-order chi connectivity index (χ1) is 11.3. The average Bonchev–Trinajstić information content (AvgIpc) is 3.11. The van der Waals surface area contributed by atoms with Crippen LogP contribution >= 0.6 is 0 Å².